The minimum atomic E-state index is -0.207. The summed E-state index contributed by atoms with van der Waals surface area (Å²) >= 11 is 5.83. The highest BCUT2D eigenvalue weighted by atomic mass is 35.5. The number of aromatic nitrogens is 1. The van der Waals surface area contributed by atoms with Gasteiger partial charge in [0.15, 0.2) is 0 Å². The maximum absolute atomic E-state index is 11.8. The Morgan fingerprint density at radius 3 is 2.94 bits per heavy atom. The molecule has 2 N–H and O–H groups in total. The van der Waals surface area contributed by atoms with Crippen molar-refractivity contribution in [2.75, 3.05) is 26.4 Å². The van der Waals surface area contributed by atoms with Gasteiger partial charge in [0.05, 0.1) is 19.8 Å². The second kappa shape index (κ2) is 8.02. The maximum Gasteiger partial charge on any atom is 0.251 e. The van der Waals surface area contributed by atoms with Crippen molar-refractivity contribution in [1.29, 1.82) is 0 Å². The van der Waals surface area contributed by atoms with Gasteiger partial charge in [0.25, 0.3) is 5.91 Å². The SMILES string of the molecule is CCc1cc(C(=O)NCCOCCO)cc(Cl)n1. The molecule has 0 aliphatic rings. The molecule has 18 heavy (non-hydrogen) atoms. The van der Waals surface area contributed by atoms with Crippen LogP contribution >= 0.6 is 11.6 Å². The predicted molar refractivity (Wildman–Crippen MR) is 68.9 cm³/mol. The smallest absolute Gasteiger partial charge is 0.251 e. The van der Waals surface area contributed by atoms with Crippen molar-refractivity contribution in [2.24, 2.45) is 0 Å². The topological polar surface area (TPSA) is 71.5 Å². The highest BCUT2D eigenvalue weighted by molar-refractivity contribution is 6.29. The number of rotatable bonds is 7. The molecular weight excluding hydrogens is 256 g/mol. The molecule has 5 nitrogen and oxygen atoms in total. The van der Waals surface area contributed by atoms with E-state index in [0.717, 1.165) is 12.1 Å². The molecule has 0 saturated heterocycles. The number of aryl methyl sites for hydroxylation is 1. The standard InChI is InChI=1S/C12H17ClN2O3/c1-2-10-7-9(8-11(13)15-10)12(17)14-3-5-18-6-4-16/h7-8,16H,2-6H2,1H3,(H,14,17). The van der Waals surface area contributed by atoms with Crippen LogP contribution in [0.15, 0.2) is 12.1 Å². The van der Waals surface area contributed by atoms with Crippen LogP contribution in [0.3, 0.4) is 0 Å². The van der Waals surface area contributed by atoms with Gasteiger partial charge in [-0.2, -0.15) is 0 Å². The third-order valence-electron chi connectivity index (χ3n) is 2.24. The van der Waals surface area contributed by atoms with Crippen LogP contribution in [0, 0.1) is 0 Å². The second-order valence-corrected chi connectivity index (χ2v) is 4.00. The monoisotopic (exact) mass is 272 g/mol. The molecule has 0 spiro atoms. The molecule has 100 valence electrons. The fourth-order valence-electron chi connectivity index (χ4n) is 1.37. The molecule has 6 heteroatoms. The van der Waals surface area contributed by atoms with Gasteiger partial charge >= 0.3 is 0 Å². The van der Waals surface area contributed by atoms with Gasteiger partial charge < -0.3 is 15.2 Å². The van der Waals surface area contributed by atoms with Crippen molar-refractivity contribution in [3.63, 3.8) is 0 Å². The molecule has 0 saturated carbocycles. The number of hydrogen-bond acceptors (Lipinski definition) is 4. The van der Waals surface area contributed by atoms with Gasteiger partial charge in [-0.1, -0.05) is 18.5 Å². The highest BCUT2D eigenvalue weighted by Gasteiger charge is 2.08. The maximum atomic E-state index is 11.8. The van der Waals surface area contributed by atoms with Gasteiger partial charge in [0.1, 0.15) is 5.15 Å². The van der Waals surface area contributed by atoms with E-state index in [1.165, 1.54) is 6.07 Å². The molecule has 1 aromatic rings. The molecule has 1 heterocycles. The van der Waals surface area contributed by atoms with E-state index >= 15 is 0 Å². The number of hydrogen-bond donors (Lipinski definition) is 2. The fourth-order valence-corrected chi connectivity index (χ4v) is 1.59. The van der Waals surface area contributed by atoms with Crippen LogP contribution in [0.1, 0.15) is 23.0 Å². The Morgan fingerprint density at radius 1 is 1.50 bits per heavy atom. The van der Waals surface area contributed by atoms with Gasteiger partial charge in [-0.3, -0.25) is 4.79 Å². The fraction of sp³-hybridized carbons (Fsp3) is 0.500. The van der Waals surface area contributed by atoms with Crippen LogP contribution in [0.4, 0.5) is 0 Å². The summed E-state index contributed by atoms with van der Waals surface area (Å²) in [6, 6.07) is 3.25. The van der Waals surface area contributed by atoms with E-state index in [0.29, 0.717) is 23.9 Å². The van der Waals surface area contributed by atoms with Crippen LogP contribution < -0.4 is 5.32 Å². The number of carbonyl (C=O) groups excluding carboxylic acids is 1. The van der Waals surface area contributed by atoms with Gasteiger partial charge in [-0.05, 0) is 18.6 Å². The number of nitrogens with one attached hydrogen (secondary N) is 1. The molecule has 0 unspecified atom stereocenters. The molecule has 0 bridgehead atoms. The average Bonchev–Trinajstić information content (AvgIpc) is 2.37. The second-order valence-electron chi connectivity index (χ2n) is 3.62. The minimum Gasteiger partial charge on any atom is -0.394 e. The first-order valence-corrected chi connectivity index (χ1v) is 6.18. The predicted octanol–water partition coefficient (Wildman–Crippen LogP) is 1.04. The first-order chi connectivity index (χ1) is 8.67. The lowest BCUT2D eigenvalue weighted by molar-refractivity contribution is 0.0838. The lowest BCUT2D eigenvalue weighted by atomic mass is 10.2. The molecule has 0 atom stereocenters. The third kappa shape index (κ3) is 5.00. The molecule has 0 aromatic carbocycles. The van der Waals surface area contributed by atoms with E-state index in [1.807, 2.05) is 6.92 Å². The van der Waals surface area contributed by atoms with Crippen LogP contribution in [0.25, 0.3) is 0 Å². The van der Waals surface area contributed by atoms with Gasteiger partial charge in [0, 0.05) is 17.8 Å². The summed E-state index contributed by atoms with van der Waals surface area (Å²) in [5.74, 6) is -0.207. The van der Waals surface area contributed by atoms with Crippen molar-refractivity contribution in [2.45, 2.75) is 13.3 Å². The summed E-state index contributed by atoms with van der Waals surface area (Å²) in [7, 11) is 0. The van der Waals surface area contributed by atoms with Crippen molar-refractivity contribution in [3.05, 3.63) is 28.5 Å². The van der Waals surface area contributed by atoms with Crippen molar-refractivity contribution >= 4 is 17.5 Å². The van der Waals surface area contributed by atoms with Crippen LogP contribution in [0.2, 0.25) is 5.15 Å². The Bertz CT molecular complexity index is 399. The number of amides is 1. The Hall–Kier alpha value is -1.17. The Kier molecular flexibility index (Phi) is 6.64. The molecule has 1 rings (SSSR count). The van der Waals surface area contributed by atoms with E-state index in [2.05, 4.69) is 10.3 Å². The lowest BCUT2D eigenvalue weighted by Gasteiger charge is -2.07. The number of pyridine rings is 1. The average molecular weight is 273 g/mol. The Balaban J connectivity index is 2.48. The van der Waals surface area contributed by atoms with Crippen molar-refractivity contribution < 1.29 is 14.6 Å². The zero-order valence-electron chi connectivity index (χ0n) is 10.3. The molecule has 1 aromatic heterocycles. The van der Waals surface area contributed by atoms with Crippen LogP contribution in [-0.4, -0.2) is 42.4 Å². The van der Waals surface area contributed by atoms with Crippen LogP contribution in [-0.2, 0) is 11.2 Å². The zero-order valence-corrected chi connectivity index (χ0v) is 11.0. The van der Waals surface area contributed by atoms with E-state index in [1.54, 1.807) is 6.07 Å². The van der Waals surface area contributed by atoms with Crippen molar-refractivity contribution in [1.82, 2.24) is 10.3 Å². The largest absolute Gasteiger partial charge is 0.394 e. The zero-order chi connectivity index (χ0) is 13.4. The first-order valence-electron chi connectivity index (χ1n) is 5.80. The highest BCUT2D eigenvalue weighted by Crippen LogP contribution is 2.11. The quantitative estimate of drug-likeness (QED) is 0.575. The van der Waals surface area contributed by atoms with E-state index < -0.39 is 0 Å². The third-order valence-corrected chi connectivity index (χ3v) is 2.43. The van der Waals surface area contributed by atoms with Gasteiger partial charge in [-0.25, -0.2) is 4.98 Å². The van der Waals surface area contributed by atoms with E-state index in [9.17, 15) is 4.79 Å². The molecule has 1 amide bonds. The first kappa shape index (κ1) is 14.9. The summed E-state index contributed by atoms with van der Waals surface area (Å²) in [5, 5.41) is 11.5. The number of ether oxygens (including phenoxy) is 1. The lowest BCUT2D eigenvalue weighted by Crippen LogP contribution is -2.27. The Morgan fingerprint density at radius 2 is 2.28 bits per heavy atom. The number of nitrogens with zero attached hydrogens (tertiary/aromatic N) is 1. The summed E-state index contributed by atoms with van der Waals surface area (Å²) in [6.07, 6.45) is 0.723. The van der Waals surface area contributed by atoms with E-state index in [-0.39, 0.29) is 19.1 Å². The Labute approximate surface area is 111 Å². The summed E-state index contributed by atoms with van der Waals surface area (Å²) in [5.41, 5.74) is 1.28. The van der Waals surface area contributed by atoms with Gasteiger partial charge in [0.2, 0.25) is 0 Å². The number of halogens is 1. The summed E-state index contributed by atoms with van der Waals surface area (Å²) in [4.78, 5) is 15.9. The molecular formula is C12H17ClN2O3. The van der Waals surface area contributed by atoms with E-state index in [4.69, 9.17) is 21.4 Å². The summed E-state index contributed by atoms with van der Waals surface area (Å²) < 4.78 is 5.03. The molecule has 0 aliphatic carbocycles. The number of carbonyl (C=O) groups is 1. The molecule has 0 radical (unpaired) electrons. The number of aliphatic hydroxyl groups is 1. The van der Waals surface area contributed by atoms with Gasteiger partial charge in [-0.15, -0.1) is 0 Å². The van der Waals surface area contributed by atoms with Crippen molar-refractivity contribution in [3.8, 4) is 0 Å². The van der Waals surface area contributed by atoms with Crippen LogP contribution in [0.5, 0.6) is 0 Å². The number of aliphatic hydroxyl groups excluding tert-OH is 1. The molecule has 0 aliphatic heterocycles. The summed E-state index contributed by atoms with van der Waals surface area (Å²) in [6.45, 7) is 2.96. The molecule has 0 fully saturated rings. The normalized spacial score (nSPS) is 10.4. The minimum absolute atomic E-state index is 0.0201.